The van der Waals surface area contributed by atoms with Crippen molar-refractivity contribution in [3.05, 3.63) is 48.2 Å². The highest BCUT2D eigenvalue weighted by Crippen LogP contribution is 2.17. The maximum atomic E-state index is 12.1. The lowest BCUT2D eigenvalue weighted by atomic mass is 10.1. The summed E-state index contributed by atoms with van der Waals surface area (Å²) in [6.45, 7) is 0. The van der Waals surface area contributed by atoms with Crippen LogP contribution in [0.4, 0.5) is 11.5 Å². The number of anilines is 2. The van der Waals surface area contributed by atoms with Crippen molar-refractivity contribution >= 4 is 21.5 Å². The number of sulfonamides is 1. The van der Waals surface area contributed by atoms with Crippen LogP contribution in [0.25, 0.3) is 0 Å². The zero-order valence-electron chi connectivity index (χ0n) is 10.4. The summed E-state index contributed by atoms with van der Waals surface area (Å²) >= 11 is 0. The first-order chi connectivity index (χ1) is 9.51. The molecular formula is C13H12N4O2S. The highest BCUT2D eigenvalue weighted by Gasteiger charge is 2.14. The van der Waals surface area contributed by atoms with Gasteiger partial charge in [-0.25, -0.2) is 13.4 Å². The van der Waals surface area contributed by atoms with E-state index < -0.39 is 10.0 Å². The van der Waals surface area contributed by atoms with Gasteiger partial charge in [-0.1, -0.05) is 12.1 Å². The van der Waals surface area contributed by atoms with Gasteiger partial charge in [0.15, 0.2) is 0 Å². The molecule has 7 heteroatoms. The first-order valence-corrected chi connectivity index (χ1v) is 7.20. The fourth-order valence-corrected chi connectivity index (χ4v) is 2.67. The van der Waals surface area contributed by atoms with Gasteiger partial charge in [0.25, 0.3) is 10.0 Å². The van der Waals surface area contributed by atoms with E-state index in [1.165, 1.54) is 18.3 Å². The van der Waals surface area contributed by atoms with Crippen LogP contribution in [-0.4, -0.2) is 13.4 Å². The number of nitrogens with one attached hydrogen (secondary N) is 1. The number of nitrogen functional groups attached to an aromatic ring is 1. The van der Waals surface area contributed by atoms with E-state index in [9.17, 15) is 8.42 Å². The molecule has 1 aromatic carbocycles. The molecule has 0 aliphatic carbocycles. The van der Waals surface area contributed by atoms with Crippen molar-refractivity contribution in [2.24, 2.45) is 0 Å². The van der Waals surface area contributed by atoms with Gasteiger partial charge in [0.2, 0.25) is 0 Å². The third-order valence-corrected chi connectivity index (χ3v) is 3.93. The fourth-order valence-electron chi connectivity index (χ4n) is 1.59. The number of nitrogens with two attached hydrogens (primary N) is 1. The van der Waals surface area contributed by atoms with Crippen LogP contribution in [-0.2, 0) is 16.4 Å². The molecule has 2 rings (SSSR count). The molecular weight excluding hydrogens is 276 g/mol. The molecule has 102 valence electrons. The van der Waals surface area contributed by atoms with Crippen LogP contribution in [0.15, 0.2) is 47.5 Å². The van der Waals surface area contributed by atoms with Crippen molar-refractivity contribution in [1.29, 1.82) is 5.26 Å². The molecule has 1 aromatic heterocycles. The van der Waals surface area contributed by atoms with Crippen molar-refractivity contribution in [3.63, 3.8) is 0 Å². The van der Waals surface area contributed by atoms with Gasteiger partial charge < -0.3 is 5.73 Å². The molecule has 2 aromatic rings. The third-order valence-electron chi connectivity index (χ3n) is 2.55. The second-order valence-corrected chi connectivity index (χ2v) is 5.74. The van der Waals surface area contributed by atoms with Crippen LogP contribution in [0.1, 0.15) is 5.56 Å². The lowest BCUT2D eigenvalue weighted by Gasteiger charge is -2.08. The minimum Gasteiger partial charge on any atom is -0.384 e. The number of pyridine rings is 1. The second kappa shape index (κ2) is 5.59. The minimum atomic E-state index is -3.70. The van der Waals surface area contributed by atoms with Crippen molar-refractivity contribution in [2.75, 3.05) is 10.5 Å². The molecule has 0 saturated heterocycles. The summed E-state index contributed by atoms with van der Waals surface area (Å²) in [5.41, 5.74) is 6.71. The first kappa shape index (κ1) is 13.8. The molecule has 0 amide bonds. The van der Waals surface area contributed by atoms with Crippen molar-refractivity contribution in [2.45, 2.75) is 11.3 Å². The predicted octanol–water partition coefficient (Wildman–Crippen LogP) is 1.53. The summed E-state index contributed by atoms with van der Waals surface area (Å²) in [5.74, 6) is 0.136. The van der Waals surface area contributed by atoms with E-state index in [0.717, 1.165) is 5.56 Å². The molecule has 0 saturated carbocycles. The molecule has 0 spiro atoms. The average Bonchev–Trinajstić information content (AvgIpc) is 2.41. The van der Waals surface area contributed by atoms with Crippen molar-refractivity contribution in [1.82, 2.24) is 4.98 Å². The summed E-state index contributed by atoms with van der Waals surface area (Å²) in [6, 6.07) is 11.3. The highest BCUT2D eigenvalue weighted by atomic mass is 32.2. The van der Waals surface area contributed by atoms with Crippen LogP contribution in [0.3, 0.4) is 0 Å². The van der Waals surface area contributed by atoms with Gasteiger partial charge in [-0.2, -0.15) is 5.26 Å². The standard InChI is InChI=1S/C13H12N4O2S/c14-7-5-10-1-3-11(4-2-10)17-20(18,19)12-6-8-16-13(15)9-12/h1-4,6,8-9,17H,5H2,(H2,15,16). The number of hydrogen-bond acceptors (Lipinski definition) is 5. The molecule has 3 N–H and O–H groups in total. The zero-order chi connectivity index (χ0) is 14.6. The van der Waals surface area contributed by atoms with Gasteiger partial charge in [-0.05, 0) is 23.8 Å². The number of nitriles is 1. The Hall–Kier alpha value is -2.59. The van der Waals surface area contributed by atoms with Gasteiger partial charge in [0.1, 0.15) is 5.82 Å². The van der Waals surface area contributed by atoms with Gasteiger partial charge in [-0.3, -0.25) is 4.72 Å². The minimum absolute atomic E-state index is 0.0473. The number of hydrogen-bond donors (Lipinski definition) is 2. The number of aromatic nitrogens is 1. The molecule has 20 heavy (non-hydrogen) atoms. The molecule has 0 unspecified atom stereocenters. The first-order valence-electron chi connectivity index (χ1n) is 5.71. The van der Waals surface area contributed by atoms with E-state index in [1.807, 2.05) is 6.07 Å². The lowest BCUT2D eigenvalue weighted by molar-refractivity contribution is 0.601. The normalized spacial score (nSPS) is 10.8. The van der Waals surface area contributed by atoms with E-state index in [-0.39, 0.29) is 17.1 Å². The summed E-state index contributed by atoms with van der Waals surface area (Å²) in [5, 5.41) is 8.57. The largest absolute Gasteiger partial charge is 0.384 e. The average molecular weight is 288 g/mol. The van der Waals surface area contributed by atoms with Crippen LogP contribution in [0.5, 0.6) is 0 Å². The molecule has 0 bridgehead atoms. The monoisotopic (exact) mass is 288 g/mol. The summed E-state index contributed by atoms with van der Waals surface area (Å²) in [4.78, 5) is 3.79. The number of benzene rings is 1. The van der Waals surface area contributed by atoms with Crippen molar-refractivity contribution < 1.29 is 8.42 Å². The van der Waals surface area contributed by atoms with Crippen LogP contribution in [0.2, 0.25) is 0 Å². The van der Waals surface area contributed by atoms with E-state index >= 15 is 0 Å². The van der Waals surface area contributed by atoms with Gasteiger partial charge in [0, 0.05) is 18.0 Å². The Morgan fingerprint density at radius 2 is 1.95 bits per heavy atom. The van der Waals surface area contributed by atoms with Crippen molar-refractivity contribution in [3.8, 4) is 6.07 Å². The number of nitrogens with zero attached hydrogens (tertiary/aromatic N) is 2. The van der Waals surface area contributed by atoms with E-state index in [4.69, 9.17) is 11.0 Å². The Morgan fingerprint density at radius 1 is 1.25 bits per heavy atom. The molecule has 0 fully saturated rings. The SMILES string of the molecule is N#CCc1ccc(NS(=O)(=O)c2ccnc(N)c2)cc1. The maximum absolute atomic E-state index is 12.1. The quantitative estimate of drug-likeness (QED) is 0.886. The van der Waals surface area contributed by atoms with E-state index in [0.29, 0.717) is 5.69 Å². The Morgan fingerprint density at radius 3 is 2.55 bits per heavy atom. The Balaban J connectivity index is 2.22. The van der Waals surface area contributed by atoms with Crippen LogP contribution >= 0.6 is 0 Å². The molecule has 0 aliphatic heterocycles. The van der Waals surface area contributed by atoms with E-state index in [1.54, 1.807) is 24.3 Å². The van der Waals surface area contributed by atoms with Crippen LogP contribution in [0, 0.1) is 11.3 Å². The Kier molecular flexibility index (Phi) is 3.86. The van der Waals surface area contributed by atoms with Gasteiger partial charge in [0.05, 0.1) is 17.4 Å². The Bertz CT molecular complexity index is 749. The zero-order valence-corrected chi connectivity index (χ0v) is 11.3. The smallest absolute Gasteiger partial charge is 0.262 e. The maximum Gasteiger partial charge on any atom is 0.262 e. The third kappa shape index (κ3) is 3.24. The summed E-state index contributed by atoms with van der Waals surface area (Å²) in [6.07, 6.45) is 1.62. The topological polar surface area (TPSA) is 109 Å². The molecule has 6 nitrogen and oxygen atoms in total. The molecule has 0 atom stereocenters. The van der Waals surface area contributed by atoms with Gasteiger partial charge >= 0.3 is 0 Å². The predicted molar refractivity (Wildman–Crippen MR) is 75.2 cm³/mol. The molecule has 0 radical (unpaired) electrons. The number of rotatable bonds is 4. The molecule has 0 aliphatic rings. The summed E-state index contributed by atoms with van der Waals surface area (Å²) in [7, 11) is -3.70. The Labute approximate surface area is 116 Å². The van der Waals surface area contributed by atoms with Crippen LogP contribution < -0.4 is 10.5 Å². The summed E-state index contributed by atoms with van der Waals surface area (Å²) < 4.78 is 26.7. The molecule has 1 heterocycles. The fraction of sp³-hybridized carbons (Fsp3) is 0.0769. The van der Waals surface area contributed by atoms with E-state index in [2.05, 4.69) is 9.71 Å². The highest BCUT2D eigenvalue weighted by molar-refractivity contribution is 7.92. The second-order valence-electron chi connectivity index (χ2n) is 4.05. The van der Waals surface area contributed by atoms with Gasteiger partial charge in [-0.15, -0.1) is 0 Å². The lowest BCUT2D eigenvalue weighted by Crippen LogP contribution is -2.13.